The van der Waals surface area contributed by atoms with Gasteiger partial charge in [-0.1, -0.05) is 13.0 Å². The summed E-state index contributed by atoms with van der Waals surface area (Å²) < 4.78 is 5.49. The normalized spacial score (nSPS) is 11.8. The van der Waals surface area contributed by atoms with Crippen LogP contribution in [0.25, 0.3) is 0 Å². The van der Waals surface area contributed by atoms with Crippen molar-refractivity contribution in [2.24, 2.45) is 5.92 Å². The largest absolute Gasteiger partial charge is 0.484 e. The number of nitrogens with zero attached hydrogens (tertiary/aromatic N) is 1. The number of hydrogen-bond acceptors (Lipinski definition) is 3. The lowest BCUT2D eigenvalue weighted by Crippen LogP contribution is -2.39. The molecule has 1 amide bonds. The maximum atomic E-state index is 12.1. The van der Waals surface area contributed by atoms with Crippen molar-refractivity contribution in [1.82, 2.24) is 4.90 Å². The van der Waals surface area contributed by atoms with Gasteiger partial charge in [-0.15, -0.1) is 0 Å². The number of carboxylic acids is 1. The molecule has 0 saturated heterocycles. The van der Waals surface area contributed by atoms with Gasteiger partial charge in [-0.3, -0.25) is 9.59 Å². The van der Waals surface area contributed by atoms with Crippen molar-refractivity contribution in [3.05, 3.63) is 29.3 Å². The van der Waals surface area contributed by atoms with Crippen LogP contribution in [0, 0.1) is 19.8 Å². The first-order valence-electron chi connectivity index (χ1n) is 7.05. The molecular formula is C16H23NO4. The molecule has 5 nitrogen and oxygen atoms in total. The summed E-state index contributed by atoms with van der Waals surface area (Å²) >= 11 is 0. The zero-order valence-corrected chi connectivity index (χ0v) is 13.0. The van der Waals surface area contributed by atoms with Gasteiger partial charge in [0.15, 0.2) is 6.61 Å². The number of rotatable bonds is 7. The van der Waals surface area contributed by atoms with Gasteiger partial charge in [0, 0.05) is 13.1 Å². The molecule has 1 aromatic carbocycles. The smallest absolute Gasteiger partial charge is 0.308 e. The molecule has 0 spiro atoms. The van der Waals surface area contributed by atoms with Gasteiger partial charge in [-0.05, 0) is 44.0 Å². The maximum Gasteiger partial charge on any atom is 0.308 e. The van der Waals surface area contributed by atoms with Crippen LogP contribution in [0.1, 0.15) is 25.0 Å². The van der Waals surface area contributed by atoms with E-state index in [1.165, 1.54) is 10.5 Å². The topological polar surface area (TPSA) is 66.8 Å². The molecule has 1 N–H and O–H groups in total. The first-order chi connectivity index (χ1) is 9.85. The van der Waals surface area contributed by atoms with Crippen molar-refractivity contribution >= 4 is 11.9 Å². The Kier molecular flexibility index (Phi) is 6.21. The molecule has 0 aliphatic rings. The number of carbonyl (C=O) groups is 2. The number of ether oxygens (including phenoxy) is 1. The zero-order chi connectivity index (χ0) is 16.0. The third-order valence-corrected chi connectivity index (χ3v) is 3.49. The Bertz CT molecular complexity index is 513. The standard InChI is InChI=1S/C16H23NO4/c1-5-17(9-13(4)16(19)20)15(18)10-21-14-7-6-11(2)12(3)8-14/h6-8,13H,5,9-10H2,1-4H3,(H,19,20). The molecule has 116 valence electrons. The Labute approximate surface area is 125 Å². The SMILES string of the molecule is CCN(CC(C)C(=O)O)C(=O)COc1ccc(C)c(C)c1. The lowest BCUT2D eigenvalue weighted by atomic mass is 10.1. The molecule has 0 aromatic heterocycles. The van der Waals surface area contributed by atoms with Crippen molar-refractivity contribution < 1.29 is 19.4 Å². The highest BCUT2D eigenvalue weighted by Crippen LogP contribution is 2.16. The lowest BCUT2D eigenvalue weighted by Gasteiger charge is -2.23. The molecule has 0 aliphatic heterocycles. The Morgan fingerprint density at radius 2 is 1.95 bits per heavy atom. The van der Waals surface area contributed by atoms with E-state index in [1.54, 1.807) is 6.92 Å². The minimum atomic E-state index is -0.906. The molecule has 0 saturated carbocycles. The summed E-state index contributed by atoms with van der Waals surface area (Å²) in [6.07, 6.45) is 0. The fourth-order valence-electron chi connectivity index (χ4n) is 1.86. The van der Waals surface area contributed by atoms with E-state index in [0.717, 1.165) is 5.56 Å². The second-order valence-corrected chi connectivity index (χ2v) is 5.21. The summed E-state index contributed by atoms with van der Waals surface area (Å²) in [5.74, 6) is -1.05. The fraction of sp³-hybridized carbons (Fsp3) is 0.500. The third-order valence-electron chi connectivity index (χ3n) is 3.49. The van der Waals surface area contributed by atoms with Crippen LogP contribution in [-0.2, 0) is 9.59 Å². The quantitative estimate of drug-likeness (QED) is 0.837. The van der Waals surface area contributed by atoms with E-state index >= 15 is 0 Å². The Balaban J connectivity index is 2.58. The van der Waals surface area contributed by atoms with Crippen LogP contribution in [0.3, 0.4) is 0 Å². The lowest BCUT2D eigenvalue weighted by molar-refractivity contribution is -0.143. The summed E-state index contributed by atoms with van der Waals surface area (Å²) in [5, 5.41) is 8.90. The van der Waals surface area contributed by atoms with E-state index in [9.17, 15) is 9.59 Å². The molecule has 1 aromatic rings. The van der Waals surface area contributed by atoms with Crippen LogP contribution < -0.4 is 4.74 Å². The van der Waals surface area contributed by atoms with E-state index in [2.05, 4.69) is 0 Å². The maximum absolute atomic E-state index is 12.1. The Hall–Kier alpha value is -2.04. The minimum Gasteiger partial charge on any atom is -0.484 e. The number of carbonyl (C=O) groups excluding carboxylic acids is 1. The molecule has 21 heavy (non-hydrogen) atoms. The second kappa shape index (κ2) is 7.67. The highest BCUT2D eigenvalue weighted by atomic mass is 16.5. The first kappa shape index (κ1) is 17.0. The van der Waals surface area contributed by atoms with E-state index in [1.807, 2.05) is 39.0 Å². The van der Waals surface area contributed by atoms with Crippen LogP contribution in [0.4, 0.5) is 0 Å². The van der Waals surface area contributed by atoms with Crippen molar-refractivity contribution in [3.8, 4) is 5.75 Å². The molecule has 0 heterocycles. The number of hydrogen-bond donors (Lipinski definition) is 1. The van der Waals surface area contributed by atoms with Crippen molar-refractivity contribution in [2.75, 3.05) is 19.7 Å². The Morgan fingerprint density at radius 1 is 1.29 bits per heavy atom. The number of benzene rings is 1. The number of aryl methyl sites for hydroxylation is 2. The molecule has 1 atom stereocenters. The molecule has 5 heteroatoms. The van der Waals surface area contributed by atoms with E-state index < -0.39 is 11.9 Å². The predicted molar refractivity (Wildman–Crippen MR) is 80.5 cm³/mol. The van der Waals surface area contributed by atoms with Gasteiger partial charge in [-0.2, -0.15) is 0 Å². The number of likely N-dealkylation sites (N-methyl/N-ethyl adjacent to an activating group) is 1. The molecule has 0 fully saturated rings. The van der Waals surface area contributed by atoms with Gasteiger partial charge < -0.3 is 14.7 Å². The van der Waals surface area contributed by atoms with Crippen LogP contribution in [-0.4, -0.2) is 41.6 Å². The highest BCUT2D eigenvalue weighted by molar-refractivity contribution is 5.78. The molecule has 1 rings (SSSR count). The molecule has 0 bridgehead atoms. The van der Waals surface area contributed by atoms with Crippen LogP contribution in [0.5, 0.6) is 5.75 Å². The average molecular weight is 293 g/mol. The van der Waals surface area contributed by atoms with Crippen molar-refractivity contribution in [3.63, 3.8) is 0 Å². The number of amides is 1. The summed E-state index contributed by atoms with van der Waals surface area (Å²) in [6.45, 7) is 7.98. The number of carboxylic acid groups (broad SMARTS) is 1. The predicted octanol–water partition coefficient (Wildman–Crippen LogP) is 2.25. The first-order valence-corrected chi connectivity index (χ1v) is 7.05. The average Bonchev–Trinajstić information content (AvgIpc) is 2.45. The summed E-state index contributed by atoms with van der Waals surface area (Å²) in [6, 6.07) is 5.66. The van der Waals surface area contributed by atoms with Gasteiger partial charge in [0.25, 0.3) is 5.91 Å². The van der Waals surface area contributed by atoms with Gasteiger partial charge in [-0.25, -0.2) is 0 Å². The molecular weight excluding hydrogens is 270 g/mol. The summed E-state index contributed by atoms with van der Waals surface area (Å²) in [7, 11) is 0. The van der Waals surface area contributed by atoms with Gasteiger partial charge in [0.05, 0.1) is 5.92 Å². The van der Waals surface area contributed by atoms with E-state index in [0.29, 0.717) is 12.3 Å². The Morgan fingerprint density at radius 3 is 2.48 bits per heavy atom. The van der Waals surface area contributed by atoms with Crippen LogP contribution in [0.15, 0.2) is 18.2 Å². The molecule has 0 radical (unpaired) electrons. The van der Waals surface area contributed by atoms with Crippen LogP contribution in [0.2, 0.25) is 0 Å². The summed E-state index contributed by atoms with van der Waals surface area (Å²) in [5.41, 5.74) is 2.27. The van der Waals surface area contributed by atoms with Crippen LogP contribution >= 0.6 is 0 Å². The summed E-state index contributed by atoms with van der Waals surface area (Å²) in [4.78, 5) is 24.4. The molecule has 0 aliphatic carbocycles. The minimum absolute atomic E-state index is 0.0807. The monoisotopic (exact) mass is 293 g/mol. The molecule has 1 unspecified atom stereocenters. The van der Waals surface area contributed by atoms with E-state index in [4.69, 9.17) is 9.84 Å². The van der Waals surface area contributed by atoms with Gasteiger partial charge in [0.1, 0.15) is 5.75 Å². The zero-order valence-electron chi connectivity index (χ0n) is 13.0. The van der Waals surface area contributed by atoms with Crippen molar-refractivity contribution in [1.29, 1.82) is 0 Å². The van der Waals surface area contributed by atoms with Crippen molar-refractivity contribution in [2.45, 2.75) is 27.7 Å². The van der Waals surface area contributed by atoms with Gasteiger partial charge in [0.2, 0.25) is 0 Å². The number of aliphatic carboxylic acids is 1. The third kappa shape index (κ3) is 5.10. The van der Waals surface area contributed by atoms with Gasteiger partial charge >= 0.3 is 5.97 Å². The second-order valence-electron chi connectivity index (χ2n) is 5.21. The van der Waals surface area contributed by atoms with E-state index in [-0.39, 0.29) is 19.1 Å². The fourth-order valence-corrected chi connectivity index (χ4v) is 1.86. The highest BCUT2D eigenvalue weighted by Gasteiger charge is 2.19.